The molecule has 4 rings (SSSR count). The number of halogens is 3. The van der Waals surface area contributed by atoms with Gasteiger partial charge in [0.15, 0.2) is 0 Å². The summed E-state index contributed by atoms with van der Waals surface area (Å²) in [6.07, 6.45) is -0.834. The molecule has 5 nitrogen and oxygen atoms in total. The number of hydrogen-bond donors (Lipinski definition) is 1. The predicted octanol–water partition coefficient (Wildman–Crippen LogP) is 5.89. The first-order chi connectivity index (χ1) is 17.2. The zero-order chi connectivity index (χ0) is 25.7. The summed E-state index contributed by atoms with van der Waals surface area (Å²) >= 11 is 0. The number of alkyl halides is 3. The summed E-state index contributed by atoms with van der Waals surface area (Å²) < 4.78 is 43.6. The van der Waals surface area contributed by atoms with E-state index in [-0.39, 0.29) is 5.91 Å². The molecule has 1 amide bonds. The van der Waals surface area contributed by atoms with Crippen LogP contribution >= 0.6 is 0 Å². The van der Waals surface area contributed by atoms with Crippen molar-refractivity contribution in [3.05, 3.63) is 89.0 Å². The molecule has 1 fully saturated rings. The van der Waals surface area contributed by atoms with Gasteiger partial charge in [-0.25, -0.2) is 0 Å². The number of anilines is 2. The number of methoxy groups -OCH3 is 1. The molecule has 1 aliphatic heterocycles. The molecule has 3 aromatic carbocycles. The highest BCUT2D eigenvalue weighted by Gasteiger charge is 2.29. The van der Waals surface area contributed by atoms with E-state index in [9.17, 15) is 18.0 Å². The summed E-state index contributed by atoms with van der Waals surface area (Å²) in [7, 11) is 3.74. The number of hydrogen-bond acceptors (Lipinski definition) is 4. The van der Waals surface area contributed by atoms with Crippen molar-refractivity contribution in [2.75, 3.05) is 50.6 Å². The minimum atomic E-state index is -4.35. The fraction of sp³-hybridized carbons (Fsp3) is 0.250. The van der Waals surface area contributed by atoms with Gasteiger partial charge in [-0.1, -0.05) is 36.4 Å². The van der Waals surface area contributed by atoms with Gasteiger partial charge in [-0.05, 0) is 60.6 Å². The van der Waals surface area contributed by atoms with Crippen LogP contribution < -0.4 is 15.0 Å². The van der Waals surface area contributed by atoms with Crippen molar-refractivity contribution in [1.82, 2.24) is 4.90 Å². The first-order valence-corrected chi connectivity index (χ1v) is 11.6. The fourth-order valence-electron chi connectivity index (χ4n) is 3.99. The third-order valence-electron chi connectivity index (χ3n) is 6.16. The monoisotopic (exact) mass is 495 g/mol. The molecule has 0 atom stereocenters. The number of carbonyl (C=O) groups is 1. The van der Waals surface area contributed by atoms with E-state index < -0.39 is 11.7 Å². The van der Waals surface area contributed by atoms with Gasteiger partial charge in [-0.3, -0.25) is 4.79 Å². The molecule has 3 aromatic rings. The molecule has 1 saturated heterocycles. The third kappa shape index (κ3) is 6.26. The van der Waals surface area contributed by atoms with Crippen LogP contribution in [-0.4, -0.2) is 51.1 Å². The molecule has 0 aromatic heterocycles. The van der Waals surface area contributed by atoms with Gasteiger partial charge in [-0.2, -0.15) is 13.2 Å². The summed E-state index contributed by atoms with van der Waals surface area (Å²) in [5.41, 5.74) is 2.93. The van der Waals surface area contributed by atoms with Crippen LogP contribution in [0, 0.1) is 0 Å². The standard InChI is InChI=1S/C28H28F3N3O2/c1-33-15-17-34(18-16-33)25-19-24(13-14-26(25)36-2)32-27(35)22-9-5-20(6-10-22)3-4-21-7-11-23(12-8-21)28(29,30)31/h3-14,19H,15-18H2,1-2H3,(H,32,35)/b4-3+. The topological polar surface area (TPSA) is 44.8 Å². The Balaban J connectivity index is 1.41. The Labute approximate surface area is 208 Å². The lowest BCUT2D eigenvalue weighted by Crippen LogP contribution is -2.44. The van der Waals surface area contributed by atoms with Crippen molar-refractivity contribution in [3.8, 4) is 5.75 Å². The Morgan fingerprint density at radius 3 is 2.03 bits per heavy atom. The van der Waals surface area contributed by atoms with Crippen molar-refractivity contribution in [2.24, 2.45) is 0 Å². The molecule has 0 bridgehead atoms. The van der Waals surface area contributed by atoms with Gasteiger partial charge in [0.05, 0.1) is 18.4 Å². The highest BCUT2D eigenvalue weighted by molar-refractivity contribution is 6.04. The smallest absolute Gasteiger partial charge is 0.416 e. The third-order valence-corrected chi connectivity index (χ3v) is 6.16. The zero-order valence-electron chi connectivity index (χ0n) is 20.2. The molecule has 0 aliphatic carbocycles. The van der Waals surface area contributed by atoms with Crippen molar-refractivity contribution in [1.29, 1.82) is 0 Å². The fourth-order valence-corrected chi connectivity index (χ4v) is 3.99. The number of nitrogens with zero attached hydrogens (tertiary/aromatic N) is 2. The summed E-state index contributed by atoms with van der Waals surface area (Å²) in [6.45, 7) is 3.68. The Kier molecular flexibility index (Phi) is 7.64. The quantitative estimate of drug-likeness (QED) is 0.434. The van der Waals surface area contributed by atoms with Crippen LogP contribution in [0.3, 0.4) is 0 Å². The maximum atomic E-state index is 12.8. The second-order valence-corrected chi connectivity index (χ2v) is 8.71. The van der Waals surface area contributed by atoms with Crippen molar-refractivity contribution < 1.29 is 22.7 Å². The molecule has 36 heavy (non-hydrogen) atoms. The zero-order valence-corrected chi connectivity index (χ0v) is 20.2. The molecule has 1 heterocycles. The minimum Gasteiger partial charge on any atom is -0.495 e. The van der Waals surface area contributed by atoms with Crippen LogP contribution in [0.5, 0.6) is 5.75 Å². The average Bonchev–Trinajstić information content (AvgIpc) is 2.88. The second kappa shape index (κ2) is 10.9. The van der Waals surface area contributed by atoms with E-state index in [4.69, 9.17) is 4.74 Å². The van der Waals surface area contributed by atoms with Gasteiger partial charge in [0.1, 0.15) is 5.75 Å². The Bertz CT molecular complexity index is 1210. The number of rotatable bonds is 6. The van der Waals surface area contributed by atoms with E-state index in [1.54, 1.807) is 43.5 Å². The maximum absolute atomic E-state index is 12.8. The summed E-state index contributed by atoms with van der Waals surface area (Å²) in [4.78, 5) is 17.4. The van der Waals surface area contributed by atoms with E-state index >= 15 is 0 Å². The number of nitrogens with one attached hydrogen (secondary N) is 1. The van der Waals surface area contributed by atoms with E-state index in [0.717, 1.165) is 55.3 Å². The SMILES string of the molecule is COc1ccc(NC(=O)c2ccc(/C=C/c3ccc(C(F)(F)F)cc3)cc2)cc1N1CCN(C)CC1. The molecule has 0 radical (unpaired) electrons. The molecule has 0 saturated carbocycles. The maximum Gasteiger partial charge on any atom is 0.416 e. The second-order valence-electron chi connectivity index (χ2n) is 8.71. The van der Waals surface area contributed by atoms with Crippen molar-refractivity contribution in [3.63, 3.8) is 0 Å². The van der Waals surface area contributed by atoms with Crippen LogP contribution in [0.4, 0.5) is 24.5 Å². The number of piperazine rings is 1. The van der Waals surface area contributed by atoms with Crippen LogP contribution in [0.25, 0.3) is 12.2 Å². The minimum absolute atomic E-state index is 0.234. The molecule has 0 spiro atoms. The van der Waals surface area contributed by atoms with Gasteiger partial charge in [-0.15, -0.1) is 0 Å². The first kappa shape index (κ1) is 25.3. The predicted molar refractivity (Wildman–Crippen MR) is 137 cm³/mol. The number of carbonyl (C=O) groups excluding carboxylic acids is 1. The summed E-state index contributed by atoms with van der Waals surface area (Å²) in [5, 5.41) is 2.95. The lowest BCUT2D eigenvalue weighted by molar-refractivity contribution is -0.137. The van der Waals surface area contributed by atoms with E-state index in [1.165, 1.54) is 12.1 Å². The molecule has 188 valence electrons. The lowest BCUT2D eigenvalue weighted by atomic mass is 10.1. The van der Waals surface area contributed by atoms with Crippen LogP contribution in [-0.2, 0) is 6.18 Å². The normalized spacial score (nSPS) is 14.8. The molecule has 8 heteroatoms. The number of ether oxygens (including phenoxy) is 1. The van der Waals surface area contributed by atoms with Gasteiger partial charge in [0.2, 0.25) is 0 Å². The summed E-state index contributed by atoms with van der Waals surface area (Å²) in [6, 6.07) is 17.6. The van der Waals surface area contributed by atoms with Crippen LogP contribution in [0.2, 0.25) is 0 Å². The molecular weight excluding hydrogens is 467 g/mol. The number of likely N-dealkylation sites (N-methyl/N-ethyl adjacent to an activating group) is 1. The van der Waals surface area contributed by atoms with Crippen LogP contribution in [0.15, 0.2) is 66.7 Å². The Morgan fingerprint density at radius 2 is 1.47 bits per heavy atom. The van der Waals surface area contributed by atoms with Gasteiger partial charge in [0, 0.05) is 37.4 Å². The highest BCUT2D eigenvalue weighted by atomic mass is 19.4. The van der Waals surface area contributed by atoms with E-state index in [0.29, 0.717) is 16.8 Å². The van der Waals surface area contributed by atoms with Gasteiger partial charge >= 0.3 is 6.18 Å². The van der Waals surface area contributed by atoms with Crippen molar-refractivity contribution in [2.45, 2.75) is 6.18 Å². The highest BCUT2D eigenvalue weighted by Crippen LogP contribution is 2.32. The lowest BCUT2D eigenvalue weighted by Gasteiger charge is -2.34. The van der Waals surface area contributed by atoms with Crippen LogP contribution in [0.1, 0.15) is 27.0 Å². The van der Waals surface area contributed by atoms with Gasteiger partial charge in [0.25, 0.3) is 5.91 Å². The summed E-state index contributed by atoms with van der Waals surface area (Å²) in [5.74, 6) is 0.532. The molecule has 1 aliphatic rings. The van der Waals surface area contributed by atoms with E-state index in [1.807, 2.05) is 18.2 Å². The number of amides is 1. The van der Waals surface area contributed by atoms with E-state index in [2.05, 4.69) is 22.2 Å². The first-order valence-electron chi connectivity index (χ1n) is 11.6. The Hall–Kier alpha value is -3.78. The Morgan fingerprint density at radius 1 is 0.889 bits per heavy atom. The molecule has 0 unspecified atom stereocenters. The van der Waals surface area contributed by atoms with Crippen molar-refractivity contribution >= 4 is 29.4 Å². The molecule has 1 N–H and O–H groups in total. The average molecular weight is 496 g/mol. The molecular formula is C28H28F3N3O2. The largest absolute Gasteiger partial charge is 0.495 e. The number of benzene rings is 3. The van der Waals surface area contributed by atoms with Gasteiger partial charge < -0.3 is 19.9 Å².